The quantitative estimate of drug-likeness (QED) is 0.901. The van der Waals surface area contributed by atoms with Crippen LogP contribution in [0.1, 0.15) is 43.7 Å². The Hall–Kier alpha value is -1.88. The summed E-state index contributed by atoms with van der Waals surface area (Å²) in [5, 5.41) is 3.05. The van der Waals surface area contributed by atoms with E-state index >= 15 is 0 Å². The summed E-state index contributed by atoms with van der Waals surface area (Å²) in [5.74, 6) is 0.224. The third-order valence-electron chi connectivity index (χ3n) is 5.05. The normalized spacial score (nSPS) is 24.2. The van der Waals surface area contributed by atoms with Crippen LogP contribution in [0.25, 0.3) is 0 Å². The zero-order valence-corrected chi connectivity index (χ0v) is 14.3. The molecule has 3 rings (SSSR count). The van der Waals surface area contributed by atoms with Gasteiger partial charge in [0.1, 0.15) is 0 Å². The van der Waals surface area contributed by atoms with Crippen molar-refractivity contribution in [2.24, 2.45) is 5.92 Å². The minimum absolute atomic E-state index is 0.0174. The van der Waals surface area contributed by atoms with Crippen LogP contribution in [0.4, 0.5) is 0 Å². The second kappa shape index (κ2) is 7.79. The Balaban J connectivity index is 1.60. The van der Waals surface area contributed by atoms with E-state index in [4.69, 9.17) is 4.74 Å². The van der Waals surface area contributed by atoms with E-state index in [1.807, 2.05) is 36.1 Å². The van der Waals surface area contributed by atoms with Gasteiger partial charge in [-0.15, -0.1) is 0 Å². The Morgan fingerprint density at radius 2 is 2.08 bits per heavy atom. The van der Waals surface area contributed by atoms with Crippen LogP contribution < -0.4 is 5.32 Å². The first-order chi connectivity index (χ1) is 11.6. The summed E-state index contributed by atoms with van der Waals surface area (Å²) >= 11 is 0. The number of benzene rings is 1. The van der Waals surface area contributed by atoms with E-state index in [1.54, 1.807) is 0 Å². The second-order valence-electron chi connectivity index (χ2n) is 6.73. The van der Waals surface area contributed by atoms with E-state index in [2.05, 4.69) is 5.32 Å². The van der Waals surface area contributed by atoms with E-state index in [0.29, 0.717) is 19.5 Å². The number of nitrogens with one attached hydrogen (secondary N) is 1. The van der Waals surface area contributed by atoms with Crippen molar-refractivity contribution >= 4 is 11.8 Å². The fourth-order valence-electron chi connectivity index (χ4n) is 3.54. The predicted molar refractivity (Wildman–Crippen MR) is 91.1 cm³/mol. The van der Waals surface area contributed by atoms with Gasteiger partial charge in [0.2, 0.25) is 11.8 Å². The lowest BCUT2D eigenvalue weighted by molar-refractivity contribution is -0.133. The van der Waals surface area contributed by atoms with Crippen molar-refractivity contribution in [3.8, 4) is 0 Å². The molecule has 1 N–H and O–H groups in total. The van der Waals surface area contributed by atoms with Gasteiger partial charge in [0.25, 0.3) is 0 Å². The van der Waals surface area contributed by atoms with Crippen LogP contribution in [0, 0.1) is 5.92 Å². The third-order valence-corrected chi connectivity index (χ3v) is 5.05. The van der Waals surface area contributed by atoms with Crippen LogP contribution in [0.15, 0.2) is 24.3 Å². The zero-order valence-electron chi connectivity index (χ0n) is 14.3. The third kappa shape index (κ3) is 3.96. The Kier molecular flexibility index (Phi) is 5.51. The van der Waals surface area contributed by atoms with Crippen LogP contribution in [0.3, 0.4) is 0 Å². The molecule has 2 heterocycles. The highest BCUT2D eigenvalue weighted by molar-refractivity contribution is 5.79. The molecule has 2 fully saturated rings. The van der Waals surface area contributed by atoms with E-state index in [-0.39, 0.29) is 23.8 Å². The topological polar surface area (TPSA) is 58.6 Å². The van der Waals surface area contributed by atoms with Crippen molar-refractivity contribution in [1.29, 1.82) is 0 Å². The molecule has 0 saturated carbocycles. The summed E-state index contributed by atoms with van der Waals surface area (Å²) in [6, 6.07) is 8.03. The van der Waals surface area contributed by atoms with Crippen LogP contribution in [-0.2, 0) is 27.4 Å². The lowest BCUT2D eigenvalue weighted by Crippen LogP contribution is -2.40. The molecule has 2 aliphatic heterocycles. The van der Waals surface area contributed by atoms with Gasteiger partial charge in [-0.3, -0.25) is 9.59 Å². The molecule has 0 bridgehead atoms. The molecule has 130 valence electrons. The van der Waals surface area contributed by atoms with E-state index < -0.39 is 0 Å². The Labute approximate surface area is 143 Å². The summed E-state index contributed by atoms with van der Waals surface area (Å²) in [5.41, 5.74) is 2.19. The smallest absolute Gasteiger partial charge is 0.225 e. The molecule has 1 aromatic carbocycles. The van der Waals surface area contributed by atoms with Gasteiger partial charge in [-0.2, -0.15) is 0 Å². The maximum Gasteiger partial charge on any atom is 0.225 e. The number of hydrogen-bond acceptors (Lipinski definition) is 3. The van der Waals surface area contributed by atoms with Gasteiger partial charge < -0.3 is 15.0 Å². The zero-order chi connectivity index (χ0) is 16.9. The largest absolute Gasteiger partial charge is 0.378 e. The molecule has 2 atom stereocenters. The lowest BCUT2D eigenvalue weighted by atomic mass is 9.94. The molecule has 2 saturated heterocycles. The molecule has 2 aliphatic rings. The van der Waals surface area contributed by atoms with Crippen molar-refractivity contribution in [3.05, 3.63) is 35.4 Å². The van der Waals surface area contributed by atoms with Gasteiger partial charge in [0.05, 0.1) is 12.0 Å². The van der Waals surface area contributed by atoms with Gasteiger partial charge in [0, 0.05) is 32.7 Å². The molecule has 1 aromatic rings. The molecule has 0 unspecified atom stereocenters. The number of nitrogens with zero attached hydrogens (tertiary/aromatic N) is 1. The van der Waals surface area contributed by atoms with Crippen molar-refractivity contribution in [2.75, 3.05) is 13.2 Å². The molecule has 5 heteroatoms. The van der Waals surface area contributed by atoms with Crippen LogP contribution in [0.5, 0.6) is 0 Å². The summed E-state index contributed by atoms with van der Waals surface area (Å²) < 4.78 is 5.58. The van der Waals surface area contributed by atoms with Gasteiger partial charge >= 0.3 is 0 Å². The highest BCUT2D eigenvalue weighted by Gasteiger charge is 2.28. The molecule has 0 aliphatic carbocycles. The number of hydrogen-bond donors (Lipinski definition) is 1. The summed E-state index contributed by atoms with van der Waals surface area (Å²) in [6.45, 7) is 4.68. The first-order valence-corrected chi connectivity index (χ1v) is 8.89. The minimum Gasteiger partial charge on any atom is -0.378 e. The van der Waals surface area contributed by atoms with E-state index in [0.717, 1.165) is 43.5 Å². The summed E-state index contributed by atoms with van der Waals surface area (Å²) in [7, 11) is 0. The Bertz CT molecular complexity index is 602. The van der Waals surface area contributed by atoms with Crippen molar-refractivity contribution in [3.63, 3.8) is 0 Å². The number of carbonyl (C=O) groups is 2. The molecule has 0 spiro atoms. The predicted octanol–water partition coefficient (Wildman–Crippen LogP) is 2.24. The lowest BCUT2D eigenvalue weighted by Gasteiger charge is -2.28. The highest BCUT2D eigenvalue weighted by atomic mass is 16.5. The van der Waals surface area contributed by atoms with Gasteiger partial charge in [-0.05, 0) is 37.3 Å². The fraction of sp³-hybridized carbons (Fsp3) is 0.579. The molecule has 0 radical (unpaired) electrons. The molecule has 5 nitrogen and oxygen atoms in total. The molecule has 0 aromatic heterocycles. The average Bonchev–Trinajstić information content (AvgIpc) is 2.99. The Morgan fingerprint density at radius 3 is 2.79 bits per heavy atom. The maximum absolute atomic E-state index is 12.4. The van der Waals surface area contributed by atoms with Gasteiger partial charge in [-0.25, -0.2) is 0 Å². The minimum atomic E-state index is -0.0638. The van der Waals surface area contributed by atoms with Gasteiger partial charge in [0.15, 0.2) is 0 Å². The van der Waals surface area contributed by atoms with Crippen LogP contribution in [0.2, 0.25) is 0 Å². The molecular formula is C19H26N2O3. The van der Waals surface area contributed by atoms with Crippen LogP contribution in [-0.4, -0.2) is 36.0 Å². The number of ether oxygens (including phenoxy) is 1. The SMILES string of the molecule is C[C@@H]1OCCC[C@@H]1C(=O)NCc1ccccc1CN1CCCC1=O. The number of amides is 2. The molecule has 2 amide bonds. The van der Waals surface area contributed by atoms with Crippen molar-refractivity contribution < 1.29 is 14.3 Å². The second-order valence-corrected chi connectivity index (χ2v) is 6.73. The van der Waals surface area contributed by atoms with E-state index in [9.17, 15) is 9.59 Å². The summed E-state index contributed by atoms with van der Waals surface area (Å²) in [4.78, 5) is 26.2. The van der Waals surface area contributed by atoms with E-state index in [1.165, 1.54) is 0 Å². The average molecular weight is 330 g/mol. The monoisotopic (exact) mass is 330 g/mol. The first kappa shape index (κ1) is 17.0. The summed E-state index contributed by atoms with van der Waals surface area (Å²) in [6.07, 6.45) is 3.40. The number of rotatable bonds is 5. The fourth-order valence-corrected chi connectivity index (χ4v) is 3.54. The Morgan fingerprint density at radius 1 is 1.29 bits per heavy atom. The number of carbonyl (C=O) groups excluding carboxylic acids is 2. The first-order valence-electron chi connectivity index (χ1n) is 8.89. The molecular weight excluding hydrogens is 304 g/mol. The van der Waals surface area contributed by atoms with Crippen molar-refractivity contribution in [2.45, 2.75) is 51.8 Å². The van der Waals surface area contributed by atoms with Crippen molar-refractivity contribution in [1.82, 2.24) is 10.2 Å². The molecule has 24 heavy (non-hydrogen) atoms. The maximum atomic E-state index is 12.4. The van der Waals surface area contributed by atoms with Gasteiger partial charge in [-0.1, -0.05) is 24.3 Å². The highest BCUT2D eigenvalue weighted by Crippen LogP contribution is 2.21. The number of likely N-dealkylation sites (tertiary alicyclic amines) is 1. The standard InChI is InChI=1S/C19H26N2O3/c1-14-17(8-5-11-24-14)19(23)20-12-15-6-2-3-7-16(15)13-21-10-4-9-18(21)22/h2-3,6-7,14,17H,4-5,8-13H2,1H3,(H,20,23)/t14-,17-/m0/s1. The van der Waals surface area contributed by atoms with Crippen LogP contribution >= 0.6 is 0 Å².